The van der Waals surface area contributed by atoms with Gasteiger partial charge < -0.3 is 5.32 Å². The molecule has 28 heavy (non-hydrogen) atoms. The van der Waals surface area contributed by atoms with Gasteiger partial charge in [0, 0.05) is 50.8 Å². The zero-order valence-electron chi connectivity index (χ0n) is 16.2. The molecule has 2 aromatic carbocycles. The lowest BCUT2D eigenvalue weighted by Gasteiger charge is -2.28. The number of carbonyl (C=O) groups is 1. The summed E-state index contributed by atoms with van der Waals surface area (Å²) in [6.45, 7) is 4.93. The Labute approximate surface area is 165 Å². The van der Waals surface area contributed by atoms with Crippen LogP contribution in [0.4, 0.5) is 0 Å². The van der Waals surface area contributed by atoms with E-state index in [0.29, 0.717) is 6.54 Å². The van der Waals surface area contributed by atoms with Crippen molar-refractivity contribution in [1.82, 2.24) is 20.4 Å². The second-order valence-corrected chi connectivity index (χ2v) is 7.33. The third-order valence-corrected chi connectivity index (χ3v) is 5.39. The molecule has 2 heterocycles. The Morgan fingerprint density at radius 3 is 2.36 bits per heavy atom. The van der Waals surface area contributed by atoms with Gasteiger partial charge in [-0.15, -0.1) is 0 Å². The highest BCUT2D eigenvalue weighted by Crippen LogP contribution is 2.35. The second-order valence-electron chi connectivity index (χ2n) is 7.33. The number of fused-ring (bicyclic) bond motifs is 1. The standard InChI is InChI=1S/C23H26N4O/c1-17(28)24-13-15-27-14-12-21-20(16-27)23(26-25-21)22(18-8-4-2-5-9-18)19-10-6-3-7-11-19/h2-11,22H,12-16H2,1H3,(H,24,28)(H,25,26). The largest absolute Gasteiger partial charge is 0.355 e. The van der Waals surface area contributed by atoms with Gasteiger partial charge in [0.05, 0.1) is 11.6 Å². The molecule has 3 aromatic rings. The normalized spacial score (nSPS) is 14.1. The van der Waals surface area contributed by atoms with Crippen LogP contribution < -0.4 is 5.32 Å². The number of carbonyl (C=O) groups excluding carboxylic acids is 1. The Morgan fingerprint density at radius 1 is 1.11 bits per heavy atom. The third kappa shape index (κ3) is 3.99. The van der Waals surface area contributed by atoms with Crippen LogP contribution in [0.25, 0.3) is 0 Å². The molecule has 1 aromatic heterocycles. The maximum atomic E-state index is 11.2. The number of aromatic nitrogens is 2. The monoisotopic (exact) mass is 374 g/mol. The first kappa shape index (κ1) is 18.4. The minimum Gasteiger partial charge on any atom is -0.355 e. The first-order valence-electron chi connectivity index (χ1n) is 9.85. The van der Waals surface area contributed by atoms with Crippen LogP contribution in [0.5, 0.6) is 0 Å². The molecule has 1 aliphatic rings. The van der Waals surface area contributed by atoms with Crippen LogP contribution in [0, 0.1) is 0 Å². The molecule has 0 saturated heterocycles. The molecule has 2 N–H and O–H groups in total. The highest BCUT2D eigenvalue weighted by Gasteiger charge is 2.28. The quantitative estimate of drug-likeness (QED) is 0.697. The summed E-state index contributed by atoms with van der Waals surface area (Å²) in [5.41, 5.74) is 6.14. The van der Waals surface area contributed by atoms with Crippen LogP contribution in [0.3, 0.4) is 0 Å². The Hall–Kier alpha value is -2.92. The number of nitrogens with one attached hydrogen (secondary N) is 2. The zero-order chi connectivity index (χ0) is 19.3. The maximum Gasteiger partial charge on any atom is 0.216 e. The molecule has 1 aliphatic heterocycles. The van der Waals surface area contributed by atoms with Crippen LogP contribution >= 0.6 is 0 Å². The SMILES string of the molecule is CC(=O)NCCN1CCc2[nH]nc(C(c3ccccc3)c3ccccc3)c2C1. The van der Waals surface area contributed by atoms with E-state index in [1.807, 2.05) is 0 Å². The van der Waals surface area contributed by atoms with Crippen molar-refractivity contribution in [2.75, 3.05) is 19.6 Å². The fourth-order valence-corrected chi connectivity index (χ4v) is 3.99. The minimum absolute atomic E-state index is 0.0231. The molecule has 0 atom stereocenters. The van der Waals surface area contributed by atoms with Crippen LogP contribution in [0.15, 0.2) is 60.7 Å². The van der Waals surface area contributed by atoms with Crippen molar-refractivity contribution >= 4 is 5.91 Å². The number of rotatable bonds is 6. The van der Waals surface area contributed by atoms with Crippen LogP contribution in [0.1, 0.15) is 40.9 Å². The Balaban J connectivity index is 1.64. The van der Waals surface area contributed by atoms with Gasteiger partial charge in [0.2, 0.25) is 5.91 Å². The lowest BCUT2D eigenvalue weighted by Crippen LogP contribution is -2.37. The Morgan fingerprint density at radius 2 is 1.75 bits per heavy atom. The van der Waals surface area contributed by atoms with Gasteiger partial charge in [0.25, 0.3) is 0 Å². The Bertz CT molecular complexity index is 881. The molecule has 0 bridgehead atoms. The smallest absolute Gasteiger partial charge is 0.216 e. The lowest BCUT2D eigenvalue weighted by molar-refractivity contribution is -0.119. The van der Waals surface area contributed by atoms with Crippen molar-refractivity contribution in [1.29, 1.82) is 0 Å². The van der Waals surface area contributed by atoms with E-state index >= 15 is 0 Å². The van der Waals surface area contributed by atoms with Gasteiger partial charge in [0.15, 0.2) is 0 Å². The van der Waals surface area contributed by atoms with Gasteiger partial charge in [0.1, 0.15) is 0 Å². The van der Waals surface area contributed by atoms with E-state index in [9.17, 15) is 4.79 Å². The molecule has 0 fully saturated rings. The average Bonchev–Trinajstić information content (AvgIpc) is 3.13. The number of benzene rings is 2. The minimum atomic E-state index is 0.0231. The number of hydrogen-bond donors (Lipinski definition) is 2. The molecule has 0 spiro atoms. The number of amides is 1. The van der Waals surface area contributed by atoms with Gasteiger partial charge >= 0.3 is 0 Å². The van der Waals surface area contributed by atoms with Gasteiger partial charge in [-0.25, -0.2) is 0 Å². The van der Waals surface area contributed by atoms with Crippen molar-refractivity contribution in [3.8, 4) is 0 Å². The van der Waals surface area contributed by atoms with E-state index in [4.69, 9.17) is 5.10 Å². The first-order chi connectivity index (χ1) is 13.7. The lowest BCUT2D eigenvalue weighted by atomic mass is 9.85. The molecule has 1 amide bonds. The van der Waals surface area contributed by atoms with E-state index in [0.717, 1.165) is 31.7 Å². The molecule has 5 nitrogen and oxygen atoms in total. The maximum absolute atomic E-state index is 11.2. The summed E-state index contributed by atoms with van der Waals surface area (Å²) in [7, 11) is 0. The van der Waals surface area contributed by atoms with E-state index in [1.165, 1.54) is 22.4 Å². The molecule has 0 saturated carbocycles. The van der Waals surface area contributed by atoms with E-state index in [1.54, 1.807) is 6.92 Å². The predicted molar refractivity (Wildman–Crippen MR) is 110 cm³/mol. The first-order valence-corrected chi connectivity index (χ1v) is 9.85. The molecule has 144 valence electrons. The summed E-state index contributed by atoms with van der Waals surface area (Å²) >= 11 is 0. The van der Waals surface area contributed by atoms with E-state index in [2.05, 4.69) is 76.0 Å². The van der Waals surface area contributed by atoms with Crippen molar-refractivity contribution < 1.29 is 4.79 Å². The molecular formula is C23H26N4O. The summed E-state index contributed by atoms with van der Waals surface area (Å²) in [6.07, 6.45) is 0.957. The van der Waals surface area contributed by atoms with Gasteiger partial charge in [-0.3, -0.25) is 14.8 Å². The van der Waals surface area contributed by atoms with Gasteiger partial charge in [-0.05, 0) is 11.1 Å². The zero-order valence-corrected chi connectivity index (χ0v) is 16.2. The second kappa shape index (κ2) is 8.40. The molecule has 0 radical (unpaired) electrons. The molecule has 0 aliphatic carbocycles. The third-order valence-electron chi connectivity index (χ3n) is 5.39. The van der Waals surface area contributed by atoms with Crippen molar-refractivity contribution in [2.45, 2.75) is 25.8 Å². The average molecular weight is 374 g/mol. The molecule has 5 heteroatoms. The molecule has 4 rings (SSSR count). The summed E-state index contributed by atoms with van der Waals surface area (Å²) in [5, 5.41) is 11.0. The van der Waals surface area contributed by atoms with Crippen molar-refractivity contribution in [3.05, 3.63) is 88.7 Å². The number of nitrogens with zero attached hydrogens (tertiary/aromatic N) is 2. The number of hydrogen-bond acceptors (Lipinski definition) is 3. The van der Waals surface area contributed by atoms with Crippen LogP contribution in [-0.2, 0) is 17.8 Å². The Kier molecular flexibility index (Phi) is 5.53. The van der Waals surface area contributed by atoms with E-state index < -0.39 is 0 Å². The molecule has 0 unspecified atom stereocenters. The topological polar surface area (TPSA) is 61.0 Å². The fraction of sp³-hybridized carbons (Fsp3) is 0.304. The summed E-state index contributed by atoms with van der Waals surface area (Å²) in [6, 6.07) is 21.2. The van der Waals surface area contributed by atoms with Crippen molar-refractivity contribution in [3.63, 3.8) is 0 Å². The van der Waals surface area contributed by atoms with Crippen molar-refractivity contribution in [2.24, 2.45) is 0 Å². The van der Waals surface area contributed by atoms with Gasteiger partial charge in [-0.2, -0.15) is 5.10 Å². The highest BCUT2D eigenvalue weighted by atomic mass is 16.1. The number of aromatic amines is 1. The van der Waals surface area contributed by atoms with Gasteiger partial charge in [-0.1, -0.05) is 60.7 Å². The molecular weight excluding hydrogens is 348 g/mol. The predicted octanol–water partition coefficient (Wildman–Crippen LogP) is 3.08. The van der Waals surface area contributed by atoms with Crippen LogP contribution in [0.2, 0.25) is 0 Å². The number of H-pyrrole nitrogens is 1. The summed E-state index contributed by atoms with van der Waals surface area (Å²) in [5.74, 6) is 0.132. The summed E-state index contributed by atoms with van der Waals surface area (Å²) < 4.78 is 0. The van der Waals surface area contributed by atoms with E-state index in [-0.39, 0.29) is 11.8 Å². The van der Waals surface area contributed by atoms with Crippen LogP contribution in [-0.4, -0.2) is 40.6 Å². The summed E-state index contributed by atoms with van der Waals surface area (Å²) in [4.78, 5) is 13.5. The highest BCUT2D eigenvalue weighted by molar-refractivity contribution is 5.72. The fourth-order valence-electron chi connectivity index (χ4n) is 3.99.